The van der Waals surface area contributed by atoms with Crippen molar-refractivity contribution in [2.75, 3.05) is 11.1 Å². The first kappa shape index (κ1) is 14.6. The highest BCUT2D eigenvalue weighted by Crippen LogP contribution is 2.20. The molecule has 23 heavy (non-hydrogen) atoms. The van der Waals surface area contributed by atoms with Gasteiger partial charge in [0.25, 0.3) is 11.5 Å². The van der Waals surface area contributed by atoms with Crippen LogP contribution in [0.15, 0.2) is 44.3 Å². The Morgan fingerprint density at radius 1 is 1.17 bits per heavy atom. The molecule has 0 bridgehead atoms. The maximum atomic E-state index is 12.3. The van der Waals surface area contributed by atoms with Gasteiger partial charge in [0.1, 0.15) is 17.1 Å². The summed E-state index contributed by atoms with van der Waals surface area (Å²) in [5.74, 6) is -0.701. The fourth-order valence-electron chi connectivity index (χ4n) is 2.25. The Kier molecular flexibility index (Phi) is 3.29. The van der Waals surface area contributed by atoms with Crippen LogP contribution in [0, 0.1) is 0 Å². The Hall–Kier alpha value is -3.29. The van der Waals surface area contributed by atoms with Crippen molar-refractivity contribution < 1.29 is 9.21 Å². The van der Waals surface area contributed by atoms with Crippen LogP contribution in [0.2, 0.25) is 0 Å². The molecule has 0 radical (unpaired) electrons. The van der Waals surface area contributed by atoms with Crippen molar-refractivity contribution in [2.45, 2.75) is 0 Å². The number of nitrogens with zero attached hydrogens (tertiary/aromatic N) is 2. The summed E-state index contributed by atoms with van der Waals surface area (Å²) in [4.78, 5) is 36.2. The van der Waals surface area contributed by atoms with Gasteiger partial charge in [0, 0.05) is 19.5 Å². The smallest absolute Gasteiger partial charge is 0.332 e. The molecule has 8 nitrogen and oxygen atoms in total. The van der Waals surface area contributed by atoms with Gasteiger partial charge in [0.2, 0.25) is 0 Å². The molecule has 2 aromatic heterocycles. The molecule has 0 aliphatic carbocycles. The number of nitrogens with two attached hydrogens (primary N) is 1. The second-order valence-corrected chi connectivity index (χ2v) is 5.07. The molecule has 3 rings (SSSR count). The van der Waals surface area contributed by atoms with Gasteiger partial charge in [0.15, 0.2) is 5.76 Å². The Morgan fingerprint density at radius 3 is 2.57 bits per heavy atom. The molecule has 0 spiro atoms. The van der Waals surface area contributed by atoms with Crippen LogP contribution in [0.1, 0.15) is 10.6 Å². The van der Waals surface area contributed by atoms with Gasteiger partial charge < -0.3 is 15.5 Å². The average Bonchev–Trinajstić information content (AvgIpc) is 2.99. The van der Waals surface area contributed by atoms with Crippen LogP contribution in [0.4, 0.5) is 11.5 Å². The van der Waals surface area contributed by atoms with E-state index < -0.39 is 17.2 Å². The first-order valence-electron chi connectivity index (χ1n) is 6.75. The minimum absolute atomic E-state index is 0.0431. The normalized spacial score (nSPS) is 10.9. The molecule has 1 amide bonds. The summed E-state index contributed by atoms with van der Waals surface area (Å²) in [6, 6.07) is 8.70. The maximum absolute atomic E-state index is 12.3. The van der Waals surface area contributed by atoms with E-state index in [1.165, 1.54) is 14.1 Å². The molecular weight excluding hydrogens is 300 g/mol. The predicted molar refractivity (Wildman–Crippen MR) is 85.5 cm³/mol. The molecule has 0 fully saturated rings. The van der Waals surface area contributed by atoms with Crippen molar-refractivity contribution in [1.29, 1.82) is 0 Å². The van der Waals surface area contributed by atoms with Gasteiger partial charge in [-0.25, -0.2) is 4.79 Å². The van der Waals surface area contributed by atoms with E-state index in [0.29, 0.717) is 5.58 Å². The summed E-state index contributed by atoms with van der Waals surface area (Å²) in [6.45, 7) is 0. The Balaban J connectivity index is 2.04. The van der Waals surface area contributed by atoms with Crippen LogP contribution in [-0.4, -0.2) is 15.0 Å². The van der Waals surface area contributed by atoms with Crippen molar-refractivity contribution in [3.8, 4) is 0 Å². The third-order valence-electron chi connectivity index (χ3n) is 3.60. The van der Waals surface area contributed by atoms with E-state index in [1.54, 1.807) is 24.3 Å². The lowest BCUT2D eigenvalue weighted by molar-refractivity contribution is 0.0998. The van der Waals surface area contributed by atoms with Crippen molar-refractivity contribution >= 4 is 28.4 Å². The van der Waals surface area contributed by atoms with Gasteiger partial charge in [-0.3, -0.25) is 18.7 Å². The van der Waals surface area contributed by atoms with Crippen molar-refractivity contribution in [3.05, 3.63) is 56.9 Å². The van der Waals surface area contributed by atoms with E-state index in [4.69, 9.17) is 10.2 Å². The number of aromatic nitrogens is 2. The topological polar surface area (TPSA) is 112 Å². The van der Waals surface area contributed by atoms with Crippen LogP contribution in [0.25, 0.3) is 11.0 Å². The first-order chi connectivity index (χ1) is 10.9. The Bertz CT molecular complexity index is 1010. The lowest BCUT2D eigenvalue weighted by Crippen LogP contribution is -2.40. The molecule has 0 atom stereocenters. The predicted octanol–water partition coefficient (Wildman–Crippen LogP) is 0.665. The second kappa shape index (κ2) is 5.16. The molecule has 0 aliphatic rings. The van der Waals surface area contributed by atoms with E-state index in [9.17, 15) is 14.4 Å². The van der Waals surface area contributed by atoms with Crippen LogP contribution in [-0.2, 0) is 14.1 Å². The van der Waals surface area contributed by atoms with Crippen molar-refractivity contribution in [1.82, 2.24) is 9.13 Å². The summed E-state index contributed by atoms with van der Waals surface area (Å²) >= 11 is 0. The molecule has 118 valence electrons. The molecule has 0 saturated carbocycles. The van der Waals surface area contributed by atoms with Crippen LogP contribution < -0.4 is 22.3 Å². The zero-order valence-electron chi connectivity index (χ0n) is 12.5. The number of benzene rings is 1. The molecule has 0 saturated heterocycles. The van der Waals surface area contributed by atoms with Crippen LogP contribution >= 0.6 is 0 Å². The van der Waals surface area contributed by atoms with Gasteiger partial charge in [0.05, 0.1) is 0 Å². The number of hydrogen-bond donors (Lipinski definition) is 2. The SMILES string of the molecule is Cn1c(N)c(NC(=O)c2cc3ccccc3o2)c(=O)n(C)c1=O. The van der Waals surface area contributed by atoms with E-state index in [2.05, 4.69) is 5.32 Å². The summed E-state index contributed by atoms with van der Waals surface area (Å²) in [6.07, 6.45) is 0. The monoisotopic (exact) mass is 314 g/mol. The number of carbonyl (C=O) groups is 1. The molecule has 0 aliphatic heterocycles. The minimum Gasteiger partial charge on any atom is -0.451 e. The average molecular weight is 314 g/mol. The molecule has 1 aromatic carbocycles. The van der Waals surface area contributed by atoms with E-state index in [0.717, 1.165) is 14.5 Å². The van der Waals surface area contributed by atoms with E-state index in [1.807, 2.05) is 6.07 Å². The van der Waals surface area contributed by atoms with Crippen molar-refractivity contribution in [2.24, 2.45) is 14.1 Å². The fourth-order valence-corrected chi connectivity index (χ4v) is 2.25. The van der Waals surface area contributed by atoms with Gasteiger partial charge in [-0.2, -0.15) is 0 Å². The summed E-state index contributed by atoms with van der Waals surface area (Å²) in [5.41, 5.74) is 4.89. The van der Waals surface area contributed by atoms with Gasteiger partial charge in [-0.15, -0.1) is 0 Å². The molecular formula is C15H14N4O4. The highest BCUT2D eigenvalue weighted by molar-refractivity contribution is 6.05. The number of para-hydroxylation sites is 1. The number of rotatable bonds is 2. The van der Waals surface area contributed by atoms with Gasteiger partial charge >= 0.3 is 5.69 Å². The quantitative estimate of drug-likeness (QED) is 0.721. The standard InChI is InChI=1S/C15H14N4O4/c1-18-12(16)11(14(21)19(2)15(18)22)17-13(20)10-7-8-5-3-4-6-9(8)23-10/h3-7H,16H2,1-2H3,(H,17,20). The number of furan rings is 1. The molecule has 0 unspecified atom stereocenters. The number of anilines is 2. The van der Waals surface area contributed by atoms with Crippen molar-refractivity contribution in [3.63, 3.8) is 0 Å². The van der Waals surface area contributed by atoms with E-state index >= 15 is 0 Å². The highest BCUT2D eigenvalue weighted by atomic mass is 16.3. The zero-order chi connectivity index (χ0) is 16.7. The number of carbonyl (C=O) groups excluding carboxylic acids is 1. The van der Waals surface area contributed by atoms with Gasteiger partial charge in [-0.1, -0.05) is 18.2 Å². The second-order valence-electron chi connectivity index (χ2n) is 5.07. The molecule has 3 aromatic rings. The number of fused-ring (bicyclic) bond motifs is 1. The Labute approximate surface area is 129 Å². The highest BCUT2D eigenvalue weighted by Gasteiger charge is 2.18. The summed E-state index contributed by atoms with van der Waals surface area (Å²) in [7, 11) is 2.72. The van der Waals surface area contributed by atoms with Crippen LogP contribution in [0.3, 0.4) is 0 Å². The number of amides is 1. The van der Waals surface area contributed by atoms with E-state index in [-0.39, 0.29) is 17.3 Å². The maximum Gasteiger partial charge on any atom is 0.332 e. The lowest BCUT2D eigenvalue weighted by atomic mass is 10.2. The summed E-state index contributed by atoms with van der Waals surface area (Å²) in [5, 5.41) is 3.18. The van der Waals surface area contributed by atoms with Crippen LogP contribution in [0.5, 0.6) is 0 Å². The number of nitrogens with one attached hydrogen (secondary N) is 1. The molecule has 8 heteroatoms. The minimum atomic E-state index is -0.685. The molecule has 3 N–H and O–H groups in total. The fraction of sp³-hybridized carbons (Fsp3) is 0.133. The molecule has 2 heterocycles. The number of nitrogen functional groups attached to an aromatic ring is 1. The lowest BCUT2D eigenvalue weighted by Gasteiger charge is -2.11. The third kappa shape index (κ3) is 2.30. The zero-order valence-corrected chi connectivity index (χ0v) is 12.5. The number of hydrogen-bond acceptors (Lipinski definition) is 5. The van der Waals surface area contributed by atoms with Gasteiger partial charge in [-0.05, 0) is 12.1 Å². The first-order valence-corrected chi connectivity index (χ1v) is 6.75. The largest absolute Gasteiger partial charge is 0.451 e. The third-order valence-corrected chi connectivity index (χ3v) is 3.60. The Morgan fingerprint density at radius 2 is 1.87 bits per heavy atom. The summed E-state index contributed by atoms with van der Waals surface area (Å²) < 4.78 is 7.38.